The predicted molar refractivity (Wildman–Crippen MR) is 48.3 cm³/mol. The third-order valence-corrected chi connectivity index (χ3v) is 2.84. The first-order valence-corrected chi connectivity index (χ1v) is 4.86. The first kappa shape index (κ1) is 8.97. The molecule has 0 spiro atoms. The highest BCUT2D eigenvalue weighted by Crippen LogP contribution is 2.16. The second kappa shape index (κ2) is 3.64. The van der Waals surface area contributed by atoms with Gasteiger partial charge < -0.3 is 15.4 Å². The topological polar surface area (TPSA) is 50.4 Å². The Hall–Kier alpha value is -0.610. The van der Waals surface area contributed by atoms with Gasteiger partial charge in [0.05, 0.1) is 25.2 Å². The fourth-order valence-electron chi connectivity index (χ4n) is 1.79. The molecule has 2 atom stereocenters. The van der Waals surface area contributed by atoms with E-state index in [4.69, 9.17) is 4.74 Å². The van der Waals surface area contributed by atoms with E-state index in [1.807, 2.05) is 0 Å². The minimum Gasteiger partial charge on any atom is -0.377 e. The number of amides is 1. The summed E-state index contributed by atoms with van der Waals surface area (Å²) in [5.74, 6) is 0.799. The fraction of sp³-hybridized carbons (Fsp3) is 0.889. The van der Waals surface area contributed by atoms with E-state index in [0.29, 0.717) is 19.1 Å². The van der Waals surface area contributed by atoms with Crippen LogP contribution in [-0.2, 0) is 9.53 Å². The number of hydrogen-bond donors (Lipinski definition) is 2. The van der Waals surface area contributed by atoms with Crippen molar-refractivity contribution >= 4 is 5.91 Å². The largest absolute Gasteiger partial charge is 0.377 e. The lowest BCUT2D eigenvalue weighted by Crippen LogP contribution is -2.51. The van der Waals surface area contributed by atoms with Crippen LogP contribution in [0.15, 0.2) is 0 Å². The van der Waals surface area contributed by atoms with Gasteiger partial charge in [0.25, 0.3) is 0 Å². The highest BCUT2D eigenvalue weighted by atomic mass is 16.5. The van der Waals surface area contributed by atoms with Crippen LogP contribution in [0, 0.1) is 11.8 Å². The Kier molecular flexibility index (Phi) is 2.51. The van der Waals surface area contributed by atoms with Crippen molar-refractivity contribution in [2.45, 2.75) is 13.0 Å². The maximum atomic E-state index is 11.7. The summed E-state index contributed by atoms with van der Waals surface area (Å²) in [6.07, 6.45) is 0. The Morgan fingerprint density at radius 3 is 2.69 bits per heavy atom. The molecule has 74 valence electrons. The summed E-state index contributed by atoms with van der Waals surface area (Å²) in [7, 11) is 0. The summed E-state index contributed by atoms with van der Waals surface area (Å²) in [6.45, 7) is 5.25. The van der Waals surface area contributed by atoms with Gasteiger partial charge in [-0.05, 0) is 12.5 Å². The first-order chi connectivity index (χ1) is 6.27. The normalized spacial score (nSPS) is 34.2. The van der Waals surface area contributed by atoms with Crippen LogP contribution in [0.5, 0.6) is 0 Å². The third kappa shape index (κ3) is 1.84. The summed E-state index contributed by atoms with van der Waals surface area (Å²) in [6, 6.07) is 0.264. The molecule has 13 heavy (non-hydrogen) atoms. The van der Waals surface area contributed by atoms with Gasteiger partial charge in [-0.15, -0.1) is 0 Å². The van der Waals surface area contributed by atoms with E-state index >= 15 is 0 Å². The van der Waals surface area contributed by atoms with Crippen molar-refractivity contribution in [1.29, 1.82) is 0 Å². The van der Waals surface area contributed by atoms with Crippen molar-refractivity contribution in [2.75, 3.05) is 26.3 Å². The number of hydrogen-bond acceptors (Lipinski definition) is 3. The SMILES string of the molecule is C[C@@H]1CNC[C@H]1C(=O)NC1COC1. The van der Waals surface area contributed by atoms with E-state index in [0.717, 1.165) is 13.1 Å². The third-order valence-electron chi connectivity index (χ3n) is 2.84. The average Bonchev–Trinajstić information content (AvgIpc) is 2.43. The van der Waals surface area contributed by atoms with Gasteiger partial charge in [-0.1, -0.05) is 6.92 Å². The van der Waals surface area contributed by atoms with Crippen LogP contribution < -0.4 is 10.6 Å². The number of ether oxygens (including phenoxy) is 1. The molecule has 4 heteroatoms. The van der Waals surface area contributed by atoms with E-state index < -0.39 is 0 Å². The molecular formula is C9H16N2O2. The molecule has 0 bridgehead atoms. The Labute approximate surface area is 78.0 Å². The summed E-state index contributed by atoms with van der Waals surface area (Å²) >= 11 is 0. The quantitative estimate of drug-likeness (QED) is 0.600. The van der Waals surface area contributed by atoms with Gasteiger partial charge in [0.1, 0.15) is 0 Å². The van der Waals surface area contributed by atoms with E-state index in [9.17, 15) is 4.79 Å². The molecule has 2 aliphatic heterocycles. The second-order valence-corrected chi connectivity index (χ2v) is 3.98. The zero-order valence-electron chi connectivity index (χ0n) is 7.88. The zero-order valence-corrected chi connectivity index (χ0v) is 7.88. The molecule has 0 aromatic heterocycles. The highest BCUT2D eigenvalue weighted by Gasteiger charge is 2.31. The first-order valence-electron chi connectivity index (χ1n) is 4.86. The number of rotatable bonds is 2. The summed E-state index contributed by atoms with van der Waals surface area (Å²) < 4.78 is 4.99. The summed E-state index contributed by atoms with van der Waals surface area (Å²) in [5.41, 5.74) is 0. The van der Waals surface area contributed by atoms with Gasteiger partial charge in [0.15, 0.2) is 0 Å². The van der Waals surface area contributed by atoms with Crippen LogP contribution in [0.25, 0.3) is 0 Å². The smallest absolute Gasteiger partial charge is 0.225 e. The standard InChI is InChI=1S/C9H16N2O2/c1-6-2-10-3-8(6)9(12)11-7-4-13-5-7/h6-8,10H,2-5H2,1H3,(H,11,12)/t6-,8-/m1/s1. The number of nitrogens with one attached hydrogen (secondary N) is 2. The van der Waals surface area contributed by atoms with Crippen LogP contribution >= 0.6 is 0 Å². The van der Waals surface area contributed by atoms with Crippen molar-refractivity contribution in [2.24, 2.45) is 11.8 Å². The molecule has 2 fully saturated rings. The van der Waals surface area contributed by atoms with Gasteiger partial charge in [-0.2, -0.15) is 0 Å². The fourth-order valence-corrected chi connectivity index (χ4v) is 1.79. The van der Waals surface area contributed by atoms with Crippen LogP contribution in [0.2, 0.25) is 0 Å². The number of carbonyl (C=O) groups excluding carboxylic acids is 1. The maximum Gasteiger partial charge on any atom is 0.225 e. The molecule has 4 nitrogen and oxygen atoms in total. The Balaban J connectivity index is 1.81. The van der Waals surface area contributed by atoms with E-state index in [1.54, 1.807) is 0 Å². The summed E-state index contributed by atoms with van der Waals surface area (Å²) in [5, 5.41) is 6.20. The molecule has 0 aromatic carbocycles. The molecule has 0 unspecified atom stereocenters. The molecule has 2 rings (SSSR count). The van der Waals surface area contributed by atoms with Crippen molar-refractivity contribution in [3.05, 3.63) is 0 Å². The van der Waals surface area contributed by atoms with E-state index in [-0.39, 0.29) is 17.9 Å². The van der Waals surface area contributed by atoms with Crippen LogP contribution in [0.3, 0.4) is 0 Å². The molecular weight excluding hydrogens is 168 g/mol. The minimum atomic E-state index is 0.153. The molecule has 1 amide bonds. The van der Waals surface area contributed by atoms with Gasteiger partial charge in [0, 0.05) is 6.54 Å². The molecule has 2 heterocycles. The molecule has 0 radical (unpaired) electrons. The molecule has 0 aromatic rings. The van der Waals surface area contributed by atoms with E-state index in [2.05, 4.69) is 17.6 Å². The predicted octanol–water partition coefficient (Wildman–Crippen LogP) is -0.643. The Morgan fingerprint density at radius 1 is 1.46 bits per heavy atom. The molecule has 0 saturated carbocycles. The van der Waals surface area contributed by atoms with Crippen LogP contribution in [0.4, 0.5) is 0 Å². The monoisotopic (exact) mass is 184 g/mol. The molecule has 2 N–H and O–H groups in total. The lowest BCUT2D eigenvalue weighted by molar-refractivity contribution is -0.129. The highest BCUT2D eigenvalue weighted by molar-refractivity contribution is 5.80. The minimum absolute atomic E-state index is 0.153. The van der Waals surface area contributed by atoms with Crippen molar-refractivity contribution < 1.29 is 9.53 Å². The zero-order chi connectivity index (χ0) is 9.26. The van der Waals surface area contributed by atoms with E-state index in [1.165, 1.54) is 0 Å². The maximum absolute atomic E-state index is 11.7. The number of carbonyl (C=O) groups is 1. The summed E-state index contributed by atoms with van der Waals surface area (Å²) in [4.78, 5) is 11.7. The van der Waals surface area contributed by atoms with Crippen molar-refractivity contribution in [3.63, 3.8) is 0 Å². The lowest BCUT2D eigenvalue weighted by Gasteiger charge is -2.28. The van der Waals surface area contributed by atoms with Crippen molar-refractivity contribution in [1.82, 2.24) is 10.6 Å². The molecule has 0 aliphatic carbocycles. The van der Waals surface area contributed by atoms with Crippen molar-refractivity contribution in [3.8, 4) is 0 Å². The molecule has 2 saturated heterocycles. The Bertz CT molecular complexity index is 204. The van der Waals surface area contributed by atoms with Crippen LogP contribution in [-0.4, -0.2) is 38.3 Å². The lowest BCUT2D eigenvalue weighted by atomic mass is 9.97. The second-order valence-electron chi connectivity index (χ2n) is 3.98. The van der Waals surface area contributed by atoms with Gasteiger partial charge in [-0.3, -0.25) is 4.79 Å². The van der Waals surface area contributed by atoms with Crippen LogP contribution in [0.1, 0.15) is 6.92 Å². The van der Waals surface area contributed by atoms with Gasteiger partial charge in [0.2, 0.25) is 5.91 Å². The Morgan fingerprint density at radius 2 is 2.23 bits per heavy atom. The molecule has 2 aliphatic rings. The average molecular weight is 184 g/mol. The van der Waals surface area contributed by atoms with Gasteiger partial charge in [-0.25, -0.2) is 0 Å². The van der Waals surface area contributed by atoms with Gasteiger partial charge >= 0.3 is 0 Å².